The molecule has 4 heteroatoms. The maximum absolute atomic E-state index is 11.6. The van der Waals surface area contributed by atoms with E-state index in [0.717, 1.165) is 24.5 Å². The minimum atomic E-state index is -0.734. The molecule has 0 saturated heterocycles. The summed E-state index contributed by atoms with van der Waals surface area (Å²) in [5, 5.41) is 12.8. The quantitative estimate of drug-likeness (QED) is 0.600. The van der Waals surface area contributed by atoms with Gasteiger partial charge in [-0.2, -0.15) is 11.8 Å². The van der Waals surface area contributed by atoms with Crippen LogP contribution in [0.5, 0.6) is 0 Å². The summed E-state index contributed by atoms with van der Waals surface area (Å²) in [7, 11) is 0. The highest BCUT2D eigenvalue weighted by Crippen LogP contribution is 2.28. The van der Waals surface area contributed by atoms with Crippen LogP contribution >= 0.6 is 11.8 Å². The van der Waals surface area contributed by atoms with Gasteiger partial charge in [0.05, 0.1) is 0 Å². The van der Waals surface area contributed by atoms with Crippen molar-refractivity contribution in [1.29, 1.82) is 0 Å². The van der Waals surface area contributed by atoms with Crippen LogP contribution in [0.3, 0.4) is 0 Å². The van der Waals surface area contributed by atoms with E-state index < -0.39 is 11.5 Å². The smallest absolute Gasteiger partial charge is 0.323 e. The third kappa shape index (κ3) is 5.65. The lowest BCUT2D eigenvalue weighted by Gasteiger charge is -2.31. The van der Waals surface area contributed by atoms with Crippen molar-refractivity contribution < 1.29 is 9.90 Å². The summed E-state index contributed by atoms with van der Waals surface area (Å²) in [4.78, 5) is 11.6. The molecule has 0 spiro atoms. The fraction of sp³-hybridized carbons (Fsp3) is 0.938. The molecule has 0 aromatic carbocycles. The maximum Gasteiger partial charge on any atom is 0.323 e. The topological polar surface area (TPSA) is 49.3 Å². The van der Waals surface area contributed by atoms with E-state index in [1.165, 1.54) is 31.4 Å². The van der Waals surface area contributed by atoms with Crippen molar-refractivity contribution in [2.75, 3.05) is 11.5 Å². The molecular formula is C16H31NO2S. The molecule has 1 saturated carbocycles. The zero-order valence-corrected chi connectivity index (χ0v) is 14.1. The van der Waals surface area contributed by atoms with Gasteiger partial charge in [-0.3, -0.25) is 10.1 Å². The molecule has 1 aliphatic carbocycles. The van der Waals surface area contributed by atoms with Crippen molar-refractivity contribution in [3.8, 4) is 0 Å². The van der Waals surface area contributed by atoms with Crippen molar-refractivity contribution in [1.82, 2.24) is 5.32 Å². The zero-order valence-electron chi connectivity index (χ0n) is 13.3. The summed E-state index contributed by atoms with van der Waals surface area (Å²) < 4.78 is 0. The average Bonchev–Trinajstić information content (AvgIpc) is 2.89. The van der Waals surface area contributed by atoms with Crippen LogP contribution in [0.2, 0.25) is 0 Å². The lowest BCUT2D eigenvalue weighted by Crippen LogP contribution is -2.54. The summed E-state index contributed by atoms with van der Waals surface area (Å²) in [5.41, 5.74) is -0.734. The molecule has 0 aromatic heterocycles. The Labute approximate surface area is 128 Å². The van der Waals surface area contributed by atoms with E-state index >= 15 is 0 Å². The van der Waals surface area contributed by atoms with Gasteiger partial charge < -0.3 is 5.11 Å². The number of hydrogen-bond donors (Lipinski definition) is 2. The Morgan fingerprint density at radius 3 is 2.55 bits per heavy atom. The van der Waals surface area contributed by atoms with Crippen LogP contribution in [0.4, 0.5) is 0 Å². The summed E-state index contributed by atoms with van der Waals surface area (Å²) in [6, 6.07) is 0.206. The van der Waals surface area contributed by atoms with Gasteiger partial charge in [0, 0.05) is 6.04 Å². The van der Waals surface area contributed by atoms with Crippen LogP contribution in [0, 0.1) is 5.92 Å². The fourth-order valence-electron chi connectivity index (χ4n) is 3.13. The van der Waals surface area contributed by atoms with Gasteiger partial charge in [-0.05, 0) is 63.4 Å². The molecule has 1 rings (SSSR count). The number of carbonyl (C=O) groups is 1. The second kappa shape index (κ2) is 8.93. The Balaban J connectivity index is 2.28. The number of thioether (sulfide) groups is 1. The van der Waals surface area contributed by atoms with Crippen molar-refractivity contribution in [2.24, 2.45) is 5.92 Å². The van der Waals surface area contributed by atoms with Gasteiger partial charge in [0.2, 0.25) is 0 Å². The van der Waals surface area contributed by atoms with Gasteiger partial charge >= 0.3 is 5.97 Å². The Morgan fingerprint density at radius 2 is 2.05 bits per heavy atom. The lowest BCUT2D eigenvalue weighted by molar-refractivity contribution is -0.145. The minimum Gasteiger partial charge on any atom is -0.480 e. The van der Waals surface area contributed by atoms with E-state index in [4.69, 9.17) is 0 Å². The predicted molar refractivity (Wildman–Crippen MR) is 87.4 cm³/mol. The first-order chi connectivity index (χ1) is 9.50. The van der Waals surface area contributed by atoms with Gasteiger partial charge in [0.25, 0.3) is 0 Å². The predicted octanol–water partition coefficient (Wildman–Crippen LogP) is 3.92. The van der Waals surface area contributed by atoms with E-state index in [9.17, 15) is 9.90 Å². The number of carboxylic acid groups (broad SMARTS) is 1. The first kappa shape index (κ1) is 17.8. The second-order valence-electron chi connectivity index (χ2n) is 6.37. The second-order valence-corrected chi connectivity index (χ2v) is 7.52. The number of rotatable bonds is 10. The Bertz CT molecular complexity index is 290. The van der Waals surface area contributed by atoms with Crippen LogP contribution in [-0.4, -0.2) is 34.2 Å². The third-order valence-electron chi connectivity index (χ3n) is 4.30. The molecule has 1 aliphatic rings. The van der Waals surface area contributed by atoms with Gasteiger partial charge in [0.1, 0.15) is 5.54 Å². The van der Waals surface area contributed by atoms with Crippen molar-refractivity contribution in [3.63, 3.8) is 0 Å². The van der Waals surface area contributed by atoms with Crippen LogP contribution < -0.4 is 5.32 Å². The highest BCUT2D eigenvalue weighted by Gasteiger charge is 2.36. The van der Waals surface area contributed by atoms with E-state index in [1.807, 2.05) is 32.5 Å². The lowest BCUT2D eigenvalue weighted by atomic mass is 9.90. The molecule has 0 amide bonds. The molecule has 118 valence electrons. The zero-order chi connectivity index (χ0) is 15.0. The third-order valence-corrected chi connectivity index (χ3v) is 5.58. The van der Waals surface area contributed by atoms with Crippen LogP contribution in [0.15, 0.2) is 0 Å². The van der Waals surface area contributed by atoms with E-state index in [-0.39, 0.29) is 6.04 Å². The van der Waals surface area contributed by atoms with Crippen molar-refractivity contribution >= 4 is 17.7 Å². The molecule has 3 nitrogen and oxygen atoms in total. The van der Waals surface area contributed by atoms with Gasteiger partial charge in [-0.25, -0.2) is 0 Å². The fourth-order valence-corrected chi connectivity index (χ4v) is 4.31. The average molecular weight is 301 g/mol. The van der Waals surface area contributed by atoms with Crippen molar-refractivity contribution in [3.05, 3.63) is 0 Å². The molecule has 0 bridgehead atoms. The highest BCUT2D eigenvalue weighted by molar-refractivity contribution is 7.99. The van der Waals surface area contributed by atoms with E-state index in [0.29, 0.717) is 6.42 Å². The Morgan fingerprint density at radius 1 is 1.40 bits per heavy atom. The number of aliphatic carboxylic acids is 1. The van der Waals surface area contributed by atoms with Crippen LogP contribution in [0.25, 0.3) is 0 Å². The molecule has 0 radical (unpaired) electrons. The molecule has 1 unspecified atom stereocenters. The molecule has 2 N–H and O–H groups in total. The largest absolute Gasteiger partial charge is 0.480 e. The summed E-state index contributed by atoms with van der Waals surface area (Å²) in [6.07, 6.45) is 7.97. The molecule has 0 aromatic rings. The van der Waals surface area contributed by atoms with Gasteiger partial charge in [-0.15, -0.1) is 0 Å². The monoisotopic (exact) mass is 301 g/mol. The number of carboxylic acids is 1. The highest BCUT2D eigenvalue weighted by atomic mass is 32.2. The molecule has 1 fully saturated rings. The SMILES string of the molecule is CCC(CCCSCC1CCCC1)(NC(C)C)C(=O)O. The summed E-state index contributed by atoms with van der Waals surface area (Å²) in [6.45, 7) is 6.00. The van der Waals surface area contributed by atoms with E-state index in [2.05, 4.69) is 5.32 Å². The first-order valence-electron chi connectivity index (χ1n) is 8.09. The normalized spacial score (nSPS) is 19.4. The molecule has 0 aliphatic heterocycles. The van der Waals surface area contributed by atoms with Gasteiger partial charge in [0.15, 0.2) is 0 Å². The van der Waals surface area contributed by atoms with Crippen molar-refractivity contribution in [2.45, 2.75) is 77.3 Å². The maximum atomic E-state index is 11.6. The Hall–Kier alpha value is -0.220. The Kier molecular flexibility index (Phi) is 7.96. The molecule has 1 atom stereocenters. The summed E-state index contributed by atoms with van der Waals surface area (Å²) in [5.74, 6) is 2.58. The first-order valence-corrected chi connectivity index (χ1v) is 9.24. The minimum absolute atomic E-state index is 0.206. The summed E-state index contributed by atoms with van der Waals surface area (Å²) >= 11 is 2.01. The molecular weight excluding hydrogens is 270 g/mol. The standard InChI is InChI=1S/C16H31NO2S/c1-4-16(15(18)19,17-13(2)3)10-7-11-20-12-14-8-5-6-9-14/h13-14,17H,4-12H2,1-3H3,(H,18,19). The van der Waals surface area contributed by atoms with E-state index in [1.54, 1.807) is 0 Å². The number of hydrogen-bond acceptors (Lipinski definition) is 3. The number of nitrogens with one attached hydrogen (secondary N) is 1. The molecule has 0 heterocycles. The molecule has 20 heavy (non-hydrogen) atoms. The van der Waals surface area contributed by atoms with Gasteiger partial charge in [-0.1, -0.05) is 19.8 Å². The van der Waals surface area contributed by atoms with Crippen LogP contribution in [0.1, 0.15) is 65.7 Å². The van der Waals surface area contributed by atoms with Crippen LogP contribution in [-0.2, 0) is 4.79 Å².